The predicted molar refractivity (Wildman–Crippen MR) is 62.5 cm³/mol. The summed E-state index contributed by atoms with van der Waals surface area (Å²) in [5, 5.41) is 0. The third kappa shape index (κ3) is 4.67. The first-order valence-electron chi connectivity index (χ1n) is 5.92. The molecule has 0 saturated heterocycles. The van der Waals surface area contributed by atoms with Crippen molar-refractivity contribution < 1.29 is 23.9 Å². The Morgan fingerprint density at radius 3 is 2.50 bits per heavy atom. The first-order chi connectivity index (χ1) is 8.65. The predicted octanol–water partition coefficient (Wildman–Crippen LogP) is 0.271. The average molecular weight is 255 g/mol. The largest absolute Gasteiger partial charge is 0.466 e. The van der Waals surface area contributed by atoms with Crippen molar-refractivity contribution in [3.05, 3.63) is 12.2 Å². The number of hydrogen-bond acceptors (Lipinski definition) is 5. The van der Waals surface area contributed by atoms with Gasteiger partial charge in [0.1, 0.15) is 0 Å². The van der Waals surface area contributed by atoms with Gasteiger partial charge >= 0.3 is 5.97 Å². The van der Waals surface area contributed by atoms with E-state index in [4.69, 9.17) is 9.47 Å². The van der Waals surface area contributed by atoms with Crippen molar-refractivity contribution in [3.8, 4) is 0 Å². The van der Waals surface area contributed by atoms with Crippen LogP contribution < -0.4 is 0 Å². The van der Waals surface area contributed by atoms with Gasteiger partial charge in [0, 0.05) is 25.2 Å². The van der Waals surface area contributed by atoms with Crippen molar-refractivity contribution in [2.45, 2.75) is 19.8 Å². The van der Waals surface area contributed by atoms with Gasteiger partial charge in [-0.2, -0.15) is 0 Å². The fourth-order valence-corrected chi connectivity index (χ4v) is 1.46. The number of esters is 1. The maximum Gasteiger partial charge on any atom is 0.305 e. The molecule has 0 fully saturated rings. The van der Waals surface area contributed by atoms with Gasteiger partial charge in [-0.05, 0) is 13.3 Å². The second-order valence-corrected chi connectivity index (χ2v) is 3.68. The number of carbonyl (C=O) groups is 3. The second-order valence-electron chi connectivity index (χ2n) is 3.68. The molecule has 1 rings (SSSR count). The Balaban J connectivity index is 2.01. The van der Waals surface area contributed by atoms with Crippen molar-refractivity contribution in [2.75, 3.05) is 26.4 Å². The zero-order valence-corrected chi connectivity index (χ0v) is 10.4. The van der Waals surface area contributed by atoms with Crippen LogP contribution in [0.3, 0.4) is 0 Å². The zero-order chi connectivity index (χ0) is 13.4. The number of amides is 2. The van der Waals surface area contributed by atoms with E-state index in [9.17, 15) is 14.4 Å². The maximum absolute atomic E-state index is 11.2. The molecule has 0 aromatic heterocycles. The van der Waals surface area contributed by atoms with E-state index >= 15 is 0 Å². The van der Waals surface area contributed by atoms with Crippen LogP contribution in [0.15, 0.2) is 12.2 Å². The lowest BCUT2D eigenvalue weighted by Gasteiger charge is -2.13. The fourth-order valence-electron chi connectivity index (χ4n) is 1.46. The summed E-state index contributed by atoms with van der Waals surface area (Å²) in [7, 11) is 0. The van der Waals surface area contributed by atoms with Crippen LogP contribution in [0.4, 0.5) is 0 Å². The van der Waals surface area contributed by atoms with E-state index in [0.29, 0.717) is 26.1 Å². The minimum Gasteiger partial charge on any atom is -0.466 e. The molecule has 0 atom stereocenters. The van der Waals surface area contributed by atoms with Gasteiger partial charge in [0.05, 0.1) is 19.8 Å². The summed E-state index contributed by atoms with van der Waals surface area (Å²) < 4.78 is 10.00. The van der Waals surface area contributed by atoms with E-state index in [1.807, 2.05) is 0 Å². The van der Waals surface area contributed by atoms with Gasteiger partial charge in [0.15, 0.2) is 0 Å². The Morgan fingerprint density at radius 1 is 1.22 bits per heavy atom. The molecule has 0 saturated carbocycles. The molecule has 18 heavy (non-hydrogen) atoms. The van der Waals surface area contributed by atoms with Gasteiger partial charge < -0.3 is 9.47 Å². The Bertz CT molecular complexity index is 332. The van der Waals surface area contributed by atoms with E-state index in [2.05, 4.69) is 0 Å². The van der Waals surface area contributed by atoms with Crippen molar-refractivity contribution in [1.29, 1.82) is 0 Å². The van der Waals surface area contributed by atoms with E-state index in [-0.39, 0.29) is 30.9 Å². The summed E-state index contributed by atoms with van der Waals surface area (Å²) in [6, 6.07) is 0. The monoisotopic (exact) mass is 255 g/mol. The molecule has 0 bridgehead atoms. The molecule has 0 N–H and O–H groups in total. The highest BCUT2D eigenvalue weighted by molar-refractivity contribution is 6.12. The van der Waals surface area contributed by atoms with Gasteiger partial charge in [0.2, 0.25) is 0 Å². The SMILES string of the molecule is CCOC(=O)CCCOCCN1C(=O)C=CC1=O. The van der Waals surface area contributed by atoms with Gasteiger partial charge in [-0.3, -0.25) is 19.3 Å². The molecule has 0 aromatic rings. The van der Waals surface area contributed by atoms with Crippen LogP contribution in [-0.2, 0) is 23.9 Å². The molecule has 1 aliphatic rings. The van der Waals surface area contributed by atoms with E-state index < -0.39 is 0 Å². The van der Waals surface area contributed by atoms with Crippen LogP contribution in [0.2, 0.25) is 0 Å². The highest BCUT2D eigenvalue weighted by Gasteiger charge is 2.22. The highest BCUT2D eigenvalue weighted by atomic mass is 16.5. The van der Waals surface area contributed by atoms with Crippen molar-refractivity contribution in [1.82, 2.24) is 4.90 Å². The molecule has 6 nitrogen and oxygen atoms in total. The Hall–Kier alpha value is -1.69. The lowest BCUT2D eigenvalue weighted by molar-refractivity contribution is -0.143. The third-order valence-electron chi connectivity index (χ3n) is 2.33. The molecule has 2 amide bonds. The Morgan fingerprint density at radius 2 is 1.89 bits per heavy atom. The zero-order valence-electron chi connectivity index (χ0n) is 10.4. The summed E-state index contributed by atoms with van der Waals surface area (Å²) in [5.74, 6) is -0.861. The van der Waals surface area contributed by atoms with Gasteiger partial charge in [-0.15, -0.1) is 0 Å². The summed E-state index contributed by atoms with van der Waals surface area (Å²) in [6.45, 7) is 3.06. The fraction of sp³-hybridized carbons (Fsp3) is 0.583. The minimum absolute atomic E-state index is 0.240. The molecule has 0 aliphatic carbocycles. The first kappa shape index (κ1) is 14.4. The normalized spacial score (nSPS) is 14.4. The van der Waals surface area contributed by atoms with Gasteiger partial charge in [0.25, 0.3) is 11.8 Å². The highest BCUT2D eigenvalue weighted by Crippen LogP contribution is 2.02. The van der Waals surface area contributed by atoms with E-state index in [1.165, 1.54) is 12.2 Å². The number of ether oxygens (including phenoxy) is 2. The topological polar surface area (TPSA) is 72.9 Å². The number of rotatable bonds is 8. The second kappa shape index (κ2) is 7.60. The lowest BCUT2D eigenvalue weighted by atomic mass is 10.3. The third-order valence-corrected chi connectivity index (χ3v) is 2.33. The smallest absolute Gasteiger partial charge is 0.305 e. The summed E-state index contributed by atoms with van der Waals surface area (Å²) in [4.78, 5) is 34.4. The van der Waals surface area contributed by atoms with Gasteiger partial charge in [-0.25, -0.2) is 0 Å². The van der Waals surface area contributed by atoms with Crippen molar-refractivity contribution in [2.24, 2.45) is 0 Å². The average Bonchev–Trinajstić information content (AvgIpc) is 2.65. The van der Waals surface area contributed by atoms with Crippen molar-refractivity contribution in [3.63, 3.8) is 0 Å². The van der Waals surface area contributed by atoms with E-state index in [0.717, 1.165) is 4.90 Å². The minimum atomic E-state index is -0.310. The summed E-state index contributed by atoms with van der Waals surface area (Å²) in [6.07, 6.45) is 3.36. The number of hydrogen-bond donors (Lipinski definition) is 0. The number of carbonyl (C=O) groups excluding carboxylic acids is 3. The number of imide groups is 1. The Kier molecular flexibility index (Phi) is 6.07. The van der Waals surface area contributed by atoms with E-state index in [1.54, 1.807) is 6.92 Å². The quantitative estimate of drug-likeness (QED) is 0.353. The molecule has 0 radical (unpaired) electrons. The van der Waals surface area contributed by atoms with Crippen LogP contribution >= 0.6 is 0 Å². The molecule has 100 valence electrons. The first-order valence-corrected chi connectivity index (χ1v) is 5.92. The molecular formula is C12H17NO5. The summed E-state index contributed by atoms with van der Waals surface area (Å²) in [5.41, 5.74) is 0. The lowest BCUT2D eigenvalue weighted by Crippen LogP contribution is -2.33. The number of nitrogens with zero attached hydrogens (tertiary/aromatic N) is 1. The van der Waals surface area contributed by atoms with Gasteiger partial charge in [-0.1, -0.05) is 0 Å². The van der Waals surface area contributed by atoms with Crippen LogP contribution in [0, 0.1) is 0 Å². The molecule has 1 heterocycles. The standard InChI is InChI=1S/C12H17NO5/c1-2-18-12(16)4-3-8-17-9-7-13-10(14)5-6-11(13)15/h5-6H,2-4,7-9H2,1H3. The van der Waals surface area contributed by atoms with Crippen LogP contribution in [0.25, 0.3) is 0 Å². The molecule has 0 aromatic carbocycles. The summed E-state index contributed by atoms with van der Waals surface area (Å²) >= 11 is 0. The van der Waals surface area contributed by atoms with Crippen molar-refractivity contribution >= 4 is 17.8 Å². The maximum atomic E-state index is 11.2. The molecular weight excluding hydrogens is 238 g/mol. The van der Waals surface area contributed by atoms with Crippen LogP contribution in [-0.4, -0.2) is 49.0 Å². The Labute approximate surface area is 106 Å². The molecule has 1 aliphatic heterocycles. The van der Waals surface area contributed by atoms with Crippen LogP contribution in [0.1, 0.15) is 19.8 Å². The molecule has 0 spiro atoms. The van der Waals surface area contributed by atoms with Crippen LogP contribution in [0.5, 0.6) is 0 Å². The molecule has 0 unspecified atom stereocenters. The molecule has 6 heteroatoms.